The van der Waals surface area contributed by atoms with E-state index < -0.39 is 23.7 Å². The molecule has 1 aromatic carbocycles. The molecule has 9 heteroatoms. The molecule has 2 atom stereocenters. The maximum Gasteiger partial charge on any atom is 1.00 e. The van der Waals surface area contributed by atoms with Crippen LogP contribution in [0.15, 0.2) is 36.5 Å². The second-order valence-corrected chi connectivity index (χ2v) is 9.73. The van der Waals surface area contributed by atoms with E-state index in [1.54, 1.807) is 27.0 Å². The Hall–Kier alpha value is -1.64. The number of ether oxygens (including phenoxy) is 1. The number of nitrogens with zero attached hydrogens (tertiary/aromatic N) is 3. The van der Waals surface area contributed by atoms with E-state index >= 15 is 0 Å². The van der Waals surface area contributed by atoms with Crippen LogP contribution in [0.4, 0.5) is 4.79 Å². The van der Waals surface area contributed by atoms with Crippen molar-refractivity contribution in [3.63, 3.8) is 0 Å². The summed E-state index contributed by atoms with van der Waals surface area (Å²) in [5.74, 6) is -1.30. The fourth-order valence-corrected chi connectivity index (χ4v) is 4.73. The summed E-state index contributed by atoms with van der Waals surface area (Å²) in [6, 6.07) is 8.46. The first-order valence-electron chi connectivity index (χ1n) is 10.8. The van der Waals surface area contributed by atoms with Gasteiger partial charge in [0.15, 0.2) is 0 Å². The van der Waals surface area contributed by atoms with E-state index in [1.165, 1.54) is 4.90 Å². The van der Waals surface area contributed by atoms with Crippen LogP contribution in [-0.4, -0.2) is 58.1 Å². The van der Waals surface area contributed by atoms with Crippen LogP contribution >= 0.6 is 11.6 Å². The molecule has 2 aliphatic rings. The molecule has 33 heavy (non-hydrogen) atoms. The fourth-order valence-electron chi connectivity index (χ4n) is 4.53. The molecule has 0 N–H and O–H groups in total. The maximum atomic E-state index is 12.7. The molecular weight excluding hydrogens is 453 g/mol. The maximum absolute atomic E-state index is 12.7. The average molecular weight is 480 g/mol. The van der Waals surface area contributed by atoms with Crippen molar-refractivity contribution >= 4 is 23.7 Å². The molecule has 0 saturated carbocycles. The number of amides is 1. The predicted octanol–water partition coefficient (Wildman–Crippen LogP) is -0.402. The summed E-state index contributed by atoms with van der Waals surface area (Å²) >= 11 is 6.27. The van der Waals surface area contributed by atoms with Crippen molar-refractivity contribution in [1.29, 1.82) is 0 Å². The van der Waals surface area contributed by atoms with Gasteiger partial charge in [0, 0.05) is 30.9 Å². The first-order valence-corrected chi connectivity index (χ1v) is 11.2. The first kappa shape index (κ1) is 26.0. The molecule has 0 spiro atoms. The van der Waals surface area contributed by atoms with Crippen molar-refractivity contribution in [2.24, 2.45) is 0 Å². The van der Waals surface area contributed by atoms with Crippen LogP contribution in [0.5, 0.6) is 0 Å². The summed E-state index contributed by atoms with van der Waals surface area (Å²) in [4.78, 5) is 32.7. The number of aryl methyl sites for hydroxylation is 2. The molecule has 0 radical (unpaired) electrons. The summed E-state index contributed by atoms with van der Waals surface area (Å²) in [6.45, 7) is 6.08. The van der Waals surface area contributed by atoms with Gasteiger partial charge >= 0.3 is 35.7 Å². The van der Waals surface area contributed by atoms with Crippen molar-refractivity contribution in [3.8, 4) is 0 Å². The number of fused-ring (bicyclic) bond motifs is 2. The van der Waals surface area contributed by atoms with Crippen molar-refractivity contribution in [2.75, 3.05) is 19.6 Å². The molecule has 0 bridgehead atoms. The van der Waals surface area contributed by atoms with Gasteiger partial charge in [-0.05, 0) is 68.5 Å². The molecule has 1 aromatic heterocycles. The summed E-state index contributed by atoms with van der Waals surface area (Å²) in [5.41, 5.74) is 3.52. The number of carboxylic acid groups (broad SMARTS) is 1. The number of hydrogen-bond acceptors (Lipinski definition) is 6. The largest absolute Gasteiger partial charge is 1.00 e. The van der Waals surface area contributed by atoms with Gasteiger partial charge in [-0.3, -0.25) is 14.8 Å². The Morgan fingerprint density at radius 1 is 1.15 bits per heavy atom. The topological polar surface area (TPSA) is 85.8 Å². The van der Waals surface area contributed by atoms with Crippen molar-refractivity contribution in [2.45, 2.75) is 51.3 Å². The summed E-state index contributed by atoms with van der Waals surface area (Å²) < 4.78 is 5.43. The predicted molar refractivity (Wildman–Crippen MR) is 118 cm³/mol. The zero-order valence-corrected chi connectivity index (χ0v) is 22.3. The molecule has 1 aliphatic heterocycles. The van der Waals surface area contributed by atoms with Gasteiger partial charge in [-0.2, -0.15) is 0 Å². The van der Waals surface area contributed by atoms with Crippen LogP contribution in [0.3, 0.4) is 0 Å². The van der Waals surface area contributed by atoms with Gasteiger partial charge in [0.2, 0.25) is 0 Å². The number of carbonyl (C=O) groups excluding carboxylic acids is 2. The number of carboxylic acids is 1. The molecular formula is C24H27ClN3NaO4. The molecule has 4 rings (SSSR count). The van der Waals surface area contributed by atoms with E-state index in [4.69, 9.17) is 16.3 Å². The first-order chi connectivity index (χ1) is 15.1. The number of halogens is 1. The van der Waals surface area contributed by atoms with E-state index in [0.717, 1.165) is 35.2 Å². The smallest absolute Gasteiger partial charge is 0.548 e. The van der Waals surface area contributed by atoms with Crippen LogP contribution in [0.2, 0.25) is 5.02 Å². The average Bonchev–Trinajstić information content (AvgIpc) is 2.88. The molecule has 1 fully saturated rings. The second kappa shape index (κ2) is 10.3. The molecule has 1 saturated heterocycles. The van der Waals surface area contributed by atoms with Crippen LogP contribution in [0.1, 0.15) is 49.2 Å². The Morgan fingerprint density at radius 2 is 1.88 bits per heavy atom. The number of piperazine rings is 1. The van der Waals surface area contributed by atoms with Crippen molar-refractivity contribution in [3.05, 3.63) is 63.9 Å². The fraction of sp³-hybridized carbons (Fsp3) is 0.458. The minimum absolute atomic E-state index is 0. The van der Waals surface area contributed by atoms with Crippen molar-refractivity contribution < 1.29 is 49.0 Å². The Kier molecular flexibility index (Phi) is 8.12. The minimum atomic E-state index is -1.30. The second-order valence-electron chi connectivity index (χ2n) is 9.30. The van der Waals surface area contributed by atoms with Gasteiger partial charge in [0.25, 0.3) is 0 Å². The van der Waals surface area contributed by atoms with Gasteiger partial charge in [0.1, 0.15) is 5.60 Å². The standard InChI is InChI=1S/C24H28ClN3O4.Na/c1-24(2,3)32-23(31)28-12-11-27(14-19(28)22(29)30)21-18-9-8-17(25)13-16(18)7-6-15-5-4-10-26-20(15)21;/h4-5,8-10,13,19,21H,6-7,11-12,14H2,1-3H3,(H,29,30);/q;+1/p-1/t19-,21+;/m1./s1. The van der Waals surface area contributed by atoms with E-state index in [2.05, 4.69) is 16.0 Å². The molecule has 0 unspecified atom stereocenters. The molecule has 2 aromatic rings. The normalized spacial score (nSPS) is 20.7. The van der Waals surface area contributed by atoms with E-state index in [-0.39, 0.29) is 48.7 Å². The Labute approximate surface area is 221 Å². The quantitative estimate of drug-likeness (QED) is 0.545. The number of hydrogen-bond donors (Lipinski definition) is 0. The molecule has 1 amide bonds. The van der Waals surface area contributed by atoms with Crippen LogP contribution in [-0.2, 0) is 22.4 Å². The zero-order chi connectivity index (χ0) is 23.0. The third-order valence-electron chi connectivity index (χ3n) is 5.93. The molecule has 1 aliphatic carbocycles. The molecule has 7 nitrogen and oxygen atoms in total. The van der Waals surface area contributed by atoms with E-state index in [9.17, 15) is 14.7 Å². The van der Waals surface area contributed by atoms with Gasteiger partial charge in [-0.1, -0.05) is 23.7 Å². The van der Waals surface area contributed by atoms with Gasteiger partial charge in [-0.15, -0.1) is 0 Å². The molecule has 170 valence electrons. The van der Waals surface area contributed by atoms with Gasteiger partial charge in [0.05, 0.1) is 23.7 Å². The number of aromatic nitrogens is 1. The van der Waals surface area contributed by atoms with E-state index in [1.807, 2.05) is 24.3 Å². The Balaban J connectivity index is 0.00000306. The number of rotatable bonds is 2. The SMILES string of the molecule is CC(C)(C)OC(=O)N1CCN([C@H]2c3ccc(Cl)cc3CCc3cccnc32)C[C@@H]1C(=O)[O-].[Na+]. The third kappa shape index (κ3) is 5.72. The third-order valence-corrected chi connectivity index (χ3v) is 6.16. The number of benzene rings is 1. The number of carbonyl (C=O) groups is 2. The van der Waals surface area contributed by atoms with E-state index in [0.29, 0.717) is 11.6 Å². The van der Waals surface area contributed by atoms with Crippen LogP contribution in [0, 0.1) is 0 Å². The monoisotopic (exact) mass is 479 g/mol. The van der Waals surface area contributed by atoms with Gasteiger partial charge in [-0.25, -0.2) is 4.79 Å². The number of pyridine rings is 1. The zero-order valence-electron chi connectivity index (χ0n) is 19.5. The summed E-state index contributed by atoms with van der Waals surface area (Å²) in [6.07, 6.45) is 2.78. The van der Waals surface area contributed by atoms with Gasteiger partial charge < -0.3 is 14.6 Å². The molecule has 2 heterocycles. The summed E-state index contributed by atoms with van der Waals surface area (Å²) in [7, 11) is 0. The minimum Gasteiger partial charge on any atom is -0.548 e. The Morgan fingerprint density at radius 3 is 2.58 bits per heavy atom. The Bertz CT molecular complexity index is 1040. The van der Waals surface area contributed by atoms with Crippen molar-refractivity contribution in [1.82, 2.24) is 14.8 Å². The van der Waals surface area contributed by atoms with Crippen LogP contribution < -0.4 is 34.7 Å². The summed E-state index contributed by atoms with van der Waals surface area (Å²) in [5, 5.41) is 12.7. The van der Waals surface area contributed by atoms with Crippen LogP contribution in [0.25, 0.3) is 0 Å². The number of aliphatic carboxylic acids is 1.